The number of carbonyl (C=O) groups excluding carboxylic acids is 2. The van der Waals surface area contributed by atoms with Crippen molar-refractivity contribution in [3.63, 3.8) is 0 Å². The largest absolute Gasteiger partial charge is 0.410 e. The first kappa shape index (κ1) is 15.0. The highest BCUT2D eigenvalue weighted by Crippen LogP contribution is 2.23. The molecule has 0 unspecified atom stereocenters. The summed E-state index contributed by atoms with van der Waals surface area (Å²) >= 11 is 0. The van der Waals surface area contributed by atoms with E-state index in [0.717, 1.165) is 0 Å². The molecule has 2 amide bonds. The smallest absolute Gasteiger partial charge is 0.409 e. The number of nitrogens with one attached hydrogen (secondary N) is 1. The van der Waals surface area contributed by atoms with Crippen molar-refractivity contribution in [3.05, 3.63) is 29.3 Å². The van der Waals surface area contributed by atoms with Crippen LogP contribution in [0.2, 0.25) is 0 Å². The zero-order chi connectivity index (χ0) is 14.6. The molecule has 104 valence electrons. The van der Waals surface area contributed by atoms with E-state index in [1.54, 1.807) is 12.1 Å². The minimum atomic E-state index is -0.973. The molecule has 0 saturated heterocycles. The van der Waals surface area contributed by atoms with Crippen molar-refractivity contribution in [1.82, 2.24) is 5.32 Å². The van der Waals surface area contributed by atoms with E-state index in [9.17, 15) is 9.59 Å². The summed E-state index contributed by atoms with van der Waals surface area (Å²) < 4.78 is 4.85. The van der Waals surface area contributed by atoms with Gasteiger partial charge in [-0.25, -0.2) is 4.79 Å². The molecule has 0 saturated carbocycles. The Labute approximate surface area is 112 Å². The summed E-state index contributed by atoms with van der Waals surface area (Å²) in [6.45, 7) is 5.71. The number of ether oxygens (including phenoxy) is 1. The van der Waals surface area contributed by atoms with Crippen LogP contribution in [0.15, 0.2) is 18.2 Å². The van der Waals surface area contributed by atoms with E-state index in [1.165, 1.54) is 6.07 Å². The summed E-state index contributed by atoms with van der Waals surface area (Å²) in [5.41, 5.74) is 11.0. The van der Waals surface area contributed by atoms with Gasteiger partial charge < -0.3 is 21.5 Å². The molecule has 0 bridgehead atoms. The van der Waals surface area contributed by atoms with Crippen molar-refractivity contribution in [2.75, 3.05) is 0 Å². The molecular weight excluding hydrogens is 246 g/mol. The summed E-state index contributed by atoms with van der Waals surface area (Å²) in [6.07, 6.45) is -0.973. The second-order valence-electron chi connectivity index (χ2n) is 5.12. The van der Waals surface area contributed by atoms with Crippen LogP contribution in [0.4, 0.5) is 4.79 Å². The Bertz CT molecular complexity index is 492. The maximum atomic E-state index is 12.2. The number of rotatable bonds is 3. The molecule has 0 spiro atoms. The normalized spacial score (nSPS) is 10.9. The van der Waals surface area contributed by atoms with Gasteiger partial charge in [-0.05, 0) is 32.4 Å². The van der Waals surface area contributed by atoms with Crippen LogP contribution in [0.3, 0.4) is 0 Å². The molecule has 0 heterocycles. The highest BCUT2D eigenvalue weighted by Gasteiger charge is 2.22. The number of hydrogen-bond donors (Lipinski definition) is 3. The van der Waals surface area contributed by atoms with Crippen LogP contribution in [-0.2, 0) is 6.54 Å². The van der Waals surface area contributed by atoms with E-state index in [-0.39, 0.29) is 23.8 Å². The Kier molecular flexibility index (Phi) is 4.50. The van der Waals surface area contributed by atoms with E-state index in [2.05, 4.69) is 5.32 Å². The van der Waals surface area contributed by atoms with Crippen molar-refractivity contribution in [2.24, 2.45) is 11.5 Å². The predicted molar refractivity (Wildman–Crippen MR) is 71.8 cm³/mol. The van der Waals surface area contributed by atoms with Gasteiger partial charge >= 0.3 is 6.09 Å². The Morgan fingerprint density at radius 2 is 1.95 bits per heavy atom. The van der Waals surface area contributed by atoms with Crippen LogP contribution in [-0.4, -0.2) is 17.5 Å². The maximum Gasteiger partial charge on any atom is 0.409 e. The fraction of sp³-hybridized carbons (Fsp3) is 0.385. The highest BCUT2D eigenvalue weighted by molar-refractivity contribution is 5.99. The van der Waals surface area contributed by atoms with Gasteiger partial charge in [-0.1, -0.05) is 12.1 Å². The summed E-state index contributed by atoms with van der Waals surface area (Å²) in [5.74, 6) is -0.248. The molecule has 0 radical (unpaired) electrons. The number of amides is 2. The maximum absolute atomic E-state index is 12.2. The lowest BCUT2D eigenvalue weighted by molar-refractivity contribution is 0.0916. The third-order valence-corrected chi connectivity index (χ3v) is 2.26. The summed E-state index contributed by atoms with van der Waals surface area (Å²) in [5, 5.41) is 2.80. The van der Waals surface area contributed by atoms with Gasteiger partial charge in [0.25, 0.3) is 5.91 Å². The number of carbonyl (C=O) groups is 2. The predicted octanol–water partition coefficient (Wildman–Crippen LogP) is 1.13. The molecule has 0 fully saturated rings. The van der Waals surface area contributed by atoms with Gasteiger partial charge in [0.05, 0.1) is 5.56 Å². The summed E-state index contributed by atoms with van der Waals surface area (Å²) in [6, 6.07) is 4.85. The first-order chi connectivity index (χ1) is 8.74. The van der Waals surface area contributed by atoms with Crippen LogP contribution in [0.5, 0.6) is 5.75 Å². The molecule has 6 nitrogen and oxygen atoms in total. The zero-order valence-corrected chi connectivity index (χ0v) is 11.3. The van der Waals surface area contributed by atoms with Gasteiger partial charge in [-0.2, -0.15) is 0 Å². The topological polar surface area (TPSA) is 107 Å². The number of nitrogens with two attached hydrogens (primary N) is 2. The molecule has 0 aromatic heterocycles. The van der Waals surface area contributed by atoms with E-state index >= 15 is 0 Å². The highest BCUT2D eigenvalue weighted by atomic mass is 16.5. The first-order valence-electron chi connectivity index (χ1n) is 5.86. The Morgan fingerprint density at radius 3 is 2.42 bits per heavy atom. The zero-order valence-electron chi connectivity index (χ0n) is 11.3. The molecular formula is C13H19N3O3. The van der Waals surface area contributed by atoms with Crippen LogP contribution in [0.1, 0.15) is 36.7 Å². The van der Waals surface area contributed by atoms with Gasteiger partial charge in [-0.15, -0.1) is 0 Å². The average Bonchev–Trinajstić information content (AvgIpc) is 2.25. The molecule has 6 heteroatoms. The first-order valence-corrected chi connectivity index (χ1v) is 5.86. The molecule has 0 aliphatic rings. The van der Waals surface area contributed by atoms with E-state index < -0.39 is 11.6 Å². The van der Waals surface area contributed by atoms with Crippen molar-refractivity contribution >= 4 is 12.0 Å². The van der Waals surface area contributed by atoms with Gasteiger partial charge in [-0.3, -0.25) is 4.79 Å². The standard InChI is InChI=1S/C13H19N3O3/c1-13(2,3)16-11(17)10-8(7-14)5-4-6-9(10)19-12(15)18/h4-6H,7,14H2,1-3H3,(H2,15,18)(H,16,17). The molecule has 1 aromatic rings. The van der Waals surface area contributed by atoms with E-state index in [0.29, 0.717) is 5.56 Å². The van der Waals surface area contributed by atoms with Crippen LogP contribution in [0, 0.1) is 0 Å². The average molecular weight is 265 g/mol. The lowest BCUT2D eigenvalue weighted by Crippen LogP contribution is -2.41. The Morgan fingerprint density at radius 1 is 1.32 bits per heavy atom. The lowest BCUT2D eigenvalue weighted by Gasteiger charge is -2.22. The quantitative estimate of drug-likeness (QED) is 0.761. The molecule has 1 rings (SSSR count). The minimum absolute atomic E-state index is 0.109. The number of primary amides is 1. The van der Waals surface area contributed by atoms with Crippen LogP contribution >= 0.6 is 0 Å². The van der Waals surface area contributed by atoms with Crippen molar-refractivity contribution < 1.29 is 14.3 Å². The lowest BCUT2D eigenvalue weighted by atomic mass is 10.0. The van der Waals surface area contributed by atoms with Gasteiger partial charge in [0.2, 0.25) is 0 Å². The number of benzene rings is 1. The third-order valence-electron chi connectivity index (χ3n) is 2.26. The van der Waals surface area contributed by atoms with Gasteiger partial charge in [0.1, 0.15) is 5.75 Å². The molecule has 0 aliphatic carbocycles. The van der Waals surface area contributed by atoms with E-state index in [1.807, 2.05) is 20.8 Å². The van der Waals surface area contributed by atoms with Crippen LogP contribution < -0.4 is 21.5 Å². The molecule has 5 N–H and O–H groups in total. The molecule has 1 aromatic carbocycles. The molecule has 0 atom stereocenters. The van der Waals surface area contributed by atoms with Gasteiger partial charge in [0.15, 0.2) is 0 Å². The van der Waals surface area contributed by atoms with E-state index in [4.69, 9.17) is 16.2 Å². The Balaban J connectivity index is 3.21. The number of hydrogen-bond acceptors (Lipinski definition) is 4. The van der Waals surface area contributed by atoms with Crippen molar-refractivity contribution in [1.29, 1.82) is 0 Å². The second kappa shape index (κ2) is 5.71. The van der Waals surface area contributed by atoms with Gasteiger partial charge in [0, 0.05) is 12.1 Å². The fourth-order valence-corrected chi connectivity index (χ4v) is 1.60. The SMILES string of the molecule is CC(C)(C)NC(=O)c1c(CN)cccc1OC(N)=O. The minimum Gasteiger partial charge on any atom is -0.410 e. The summed E-state index contributed by atoms with van der Waals surface area (Å²) in [4.78, 5) is 23.1. The monoisotopic (exact) mass is 265 g/mol. The summed E-state index contributed by atoms with van der Waals surface area (Å²) in [7, 11) is 0. The van der Waals surface area contributed by atoms with Crippen molar-refractivity contribution in [3.8, 4) is 5.75 Å². The molecule has 19 heavy (non-hydrogen) atoms. The Hall–Kier alpha value is -2.08. The molecule has 0 aliphatic heterocycles. The fourth-order valence-electron chi connectivity index (χ4n) is 1.60. The third kappa shape index (κ3) is 4.26. The second-order valence-corrected chi connectivity index (χ2v) is 5.12. The van der Waals surface area contributed by atoms with Crippen LogP contribution in [0.25, 0.3) is 0 Å². The van der Waals surface area contributed by atoms with Crippen molar-refractivity contribution in [2.45, 2.75) is 32.9 Å².